The molecular weight excluding hydrogens is 340 g/mol. The lowest BCUT2D eigenvalue weighted by molar-refractivity contribution is -0.0389. The summed E-state index contributed by atoms with van der Waals surface area (Å²) in [5, 5.41) is 0. The summed E-state index contributed by atoms with van der Waals surface area (Å²) in [6.45, 7) is 3.97. The van der Waals surface area contributed by atoms with E-state index in [9.17, 15) is 4.79 Å². The van der Waals surface area contributed by atoms with Gasteiger partial charge < -0.3 is 14.5 Å². The van der Waals surface area contributed by atoms with Crippen LogP contribution >= 0.6 is 0 Å². The molecule has 142 valence electrons. The fourth-order valence-corrected chi connectivity index (χ4v) is 4.15. The molecule has 1 spiro atoms. The molecule has 0 bridgehead atoms. The molecule has 2 fully saturated rings. The van der Waals surface area contributed by atoms with E-state index in [0.29, 0.717) is 30.6 Å². The lowest BCUT2D eigenvalue weighted by atomic mass is 9.87. The van der Waals surface area contributed by atoms with Gasteiger partial charge in [-0.2, -0.15) is 0 Å². The van der Waals surface area contributed by atoms with Gasteiger partial charge in [0.15, 0.2) is 0 Å². The number of piperidine rings is 1. The largest absolute Gasteiger partial charge is 0.373 e. The molecule has 2 aromatic rings. The molecule has 0 N–H and O–H groups in total. The van der Waals surface area contributed by atoms with Crippen LogP contribution < -0.4 is 4.90 Å². The zero-order valence-electron chi connectivity index (χ0n) is 16.0. The van der Waals surface area contributed by atoms with Crippen molar-refractivity contribution in [2.75, 3.05) is 31.6 Å². The Morgan fingerprint density at radius 3 is 2.67 bits per heavy atom. The standard InChI is InChI=1S/C21H26N4O2/c1-16-22-11-8-19(23-16)20(26)25-12-9-21(10-13-25)14-18(15-27-21)24(2)17-6-4-3-5-7-17/h3-8,11,18H,9-10,12-15H2,1-2H3/t18-/m1/s1. The molecule has 1 aromatic carbocycles. The number of ether oxygens (including phenoxy) is 1. The van der Waals surface area contributed by atoms with E-state index in [1.54, 1.807) is 19.2 Å². The Bertz CT molecular complexity index is 803. The van der Waals surface area contributed by atoms with Crippen molar-refractivity contribution in [3.05, 3.63) is 54.1 Å². The van der Waals surface area contributed by atoms with Crippen molar-refractivity contribution < 1.29 is 9.53 Å². The summed E-state index contributed by atoms with van der Waals surface area (Å²) in [5.41, 5.74) is 1.59. The molecule has 1 aromatic heterocycles. The normalized spacial score (nSPS) is 21.4. The summed E-state index contributed by atoms with van der Waals surface area (Å²) in [6.07, 6.45) is 4.40. The lowest BCUT2D eigenvalue weighted by Gasteiger charge is -2.39. The van der Waals surface area contributed by atoms with Crippen LogP contribution in [-0.2, 0) is 4.74 Å². The Morgan fingerprint density at radius 1 is 1.22 bits per heavy atom. The Kier molecular flexibility index (Phi) is 4.83. The first-order chi connectivity index (χ1) is 13.1. The van der Waals surface area contributed by atoms with E-state index in [1.165, 1.54) is 5.69 Å². The third kappa shape index (κ3) is 3.67. The number of carbonyl (C=O) groups is 1. The van der Waals surface area contributed by atoms with Crippen LogP contribution in [0.1, 0.15) is 35.6 Å². The van der Waals surface area contributed by atoms with Gasteiger partial charge in [-0.1, -0.05) is 18.2 Å². The van der Waals surface area contributed by atoms with Gasteiger partial charge in [0, 0.05) is 32.0 Å². The third-order valence-electron chi connectivity index (χ3n) is 5.86. The molecule has 6 nitrogen and oxygen atoms in total. The summed E-state index contributed by atoms with van der Waals surface area (Å²) >= 11 is 0. The number of hydrogen-bond donors (Lipinski definition) is 0. The molecule has 2 aliphatic rings. The van der Waals surface area contributed by atoms with Crippen LogP contribution in [-0.4, -0.2) is 59.2 Å². The number of para-hydroxylation sites is 1. The topological polar surface area (TPSA) is 58.6 Å². The highest BCUT2D eigenvalue weighted by Gasteiger charge is 2.44. The Labute approximate surface area is 160 Å². The Morgan fingerprint density at radius 2 is 1.96 bits per heavy atom. The van der Waals surface area contributed by atoms with Crippen LogP contribution in [0.25, 0.3) is 0 Å². The first kappa shape index (κ1) is 17.9. The predicted molar refractivity (Wildman–Crippen MR) is 104 cm³/mol. The minimum Gasteiger partial charge on any atom is -0.373 e. The predicted octanol–water partition coefficient (Wildman–Crippen LogP) is 2.69. The van der Waals surface area contributed by atoms with Crippen molar-refractivity contribution in [1.82, 2.24) is 14.9 Å². The maximum absolute atomic E-state index is 12.7. The molecule has 1 amide bonds. The molecule has 0 radical (unpaired) electrons. The molecule has 2 saturated heterocycles. The minimum absolute atomic E-state index is 0.00806. The van der Waals surface area contributed by atoms with Gasteiger partial charge in [-0.25, -0.2) is 9.97 Å². The van der Waals surface area contributed by atoms with Crippen molar-refractivity contribution in [3.8, 4) is 0 Å². The van der Waals surface area contributed by atoms with Gasteiger partial charge in [-0.15, -0.1) is 0 Å². The zero-order valence-corrected chi connectivity index (χ0v) is 16.0. The van der Waals surface area contributed by atoms with Crippen LogP contribution in [0.5, 0.6) is 0 Å². The van der Waals surface area contributed by atoms with Crippen molar-refractivity contribution in [2.24, 2.45) is 0 Å². The second-order valence-corrected chi connectivity index (χ2v) is 7.58. The Balaban J connectivity index is 1.37. The van der Waals surface area contributed by atoms with Crippen molar-refractivity contribution in [3.63, 3.8) is 0 Å². The fourth-order valence-electron chi connectivity index (χ4n) is 4.15. The highest BCUT2D eigenvalue weighted by atomic mass is 16.5. The number of benzene rings is 1. The van der Waals surface area contributed by atoms with E-state index in [-0.39, 0.29) is 11.5 Å². The lowest BCUT2D eigenvalue weighted by Crippen LogP contribution is -2.47. The number of carbonyl (C=O) groups excluding carboxylic acids is 1. The average Bonchev–Trinajstić information content (AvgIpc) is 3.12. The molecule has 2 aliphatic heterocycles. The van der Waals surface area contributed by atoms with Gasteiger partial charge in [0.2, 0.25) is 0 Å². The number of anilines is 1. The van der Waals surface area contributed by atoms with Crippen molar-refractivity contribution >= 4 is 11.6 Å². The number of hydrogen-bond acceptors (Lipinski definition) is 5. The fraction of sp³-hybridized carbons (Fsp3) is 0.476. The van der Waals surface area contributed by atoms with Gasteiger partial charge >= 0.3 is 0 Å². The van der Waals surface area contributed by atoms with E-state index in [4.69, 9.17) is 4.74 Å². The summed E-state index contributed by atoms with van der Waals surface area (Å²) in [5.74, 6) is 0.617. The number of amides is 1. The molecule has 4 rings (SSSR count). The highest BCUT2D eigenvalue weighted by Crippen LogP contribution is 2.38. The van der Waals surface area contributed by atoms with Gasteiger partial charge in [0.1, 0.15) is 11.5 Å². The summed E-state index contributed by atoms with van der Waals surface area (Å²) in [6, 6.07) is 12.5. The zero-order chi connectivity index (χ0) is 18.9. The van der Waals surface area contributed by atoms with Gasteiger partial charge in [-0.05, 0) is 44.4 Å². The molecule has 0 saturated carbocycles. The monoisotopic (exact) mass is 366 g/mol. The van der Waals surface area contributed by atoms with E-state index < -0.39 is 0 Å². The maximum Gasteiger partial charge on any atom is 0.272 e. The second-order valence-electron chi connectivity index (χ2n) is 7.58. The molecule has 0 unspecified atom stereocenters. The Hall–Kier alpha value is -2.47. The molecule has 3 heterocycles. The number of nitrogens with zero attached hydrogens (tertiary/aromatic N) is 4. The molecule has 27 heavy (non-hydrogen) atoms. The number of likely N-dealkylation sites (tertiary alicyclic amines) is 1. The quantitative estimate of drug-likeness (QED) is 0.836. The van der Waals surface area contributed by atoms with Crippen LogP contribution in [0, 0.1) is 6.92 Å². The molecule has 1 atom stereocenters. The van der Waals surface area contributed by atoms with E-state index >= 15 is 0 Å². The van der Waals surface area contributed by atoms with Crippen LogP contribution in [0.2, 0.25) is 0 Å². The number of rotatable bonds is 3. The van der Waals surface area contributed by atoms with Gasteiger partial charge in [0.05, 0.1) is 18.2 Å². The average molecular weight is 366 g/mol. The van der Waals surface area contributed by atoms with Gasteiger partial charge in [-0.3, -0.25) is 4.79 Å². The SMILES string of the molecule is Cc1nccc(C(=O)N2CCC3(CC2)C[C@@H](N(C)c2ccccc2)CO3)n1. The highest BCUT2D eigenvalue weighted by molar-refractivity contribution is 5.92. The first-order valence-electron chi connectivity index (χ1n) is 9.57. The third-order valence-corrected chi connectivity index (χ3v) is 5.86. The molecule has 6 heteroatoms. The van der Waals surface area contributed by atoms with E-state index in [0.717, 1.165) is 25.9 Å². The number of likely N-dealkylation sites (N-methyl/N-ethyl adjacent to an activating group) is 1. The van der Waals surface area contributed by atoms with Crippen LogP contribution in [0.15, 0.2) is 42.6 Å². The van der Waals surface area contributed by atoms with E-state index in [2.05, 4.69) is 46.2 Å². The number of aryl methyl sites for hydroxylation is 1. The maximum atomic E-state index is 12.7. The first-order valence-corrected chi connectivity index (χ1v) is 9.57. The molecule has 0 aliphatic carbocycles. The summed E-state index contributed by atoms with van der Waals surface area (Å²) in [4.78, 5) is 25.2. The van der Waals surface area contributed by atoms with Crippen LogP contribution in [0.4, 0.5) is 5.69 Å². The van der Waals surface area contributed by atoms with Crippen LogP contribution in [0.3, 0.4) is 0 Å². The minimum atomic E-state index is -0.105. The van der Waals surface area contributed by atoms with Crippen molar-refractivity contribution in [2.45, 2.75) is 37.8 Å². The molecular formula is C21H26N4O2. The van der Waals surface area contributed by atoms with E-state index in [1.807, 2.05) is 11.0 Å². The smallest absolute Gasteiger partial charge is 0.272 e. The second kappa shape index (κ2) is 7.27. The number of aromatic nitrogens is 2. The summed E-state index contributed by atoms with van der Waals surface area (Å²) < 4.78 is 6.28. The van der Waals surface area contributed by atoms with Crippen molar-refractivity contribution in [1.29, 1.82) is 0 Å². The van der Waals surface area contributed by atoms with Gasteiger partial charge in [0.25, 0.3) is 5.91 Å². The summed E-state index contributed by atoms with van der Waals surface area (Å²) in [7, 11) is 2.14.